The highest BCUT2D eigenvalue weighted by atomic mass is 32.2. The fourth-order valence-electron chi connectivity index (χ4n) is 3.46. The Morgan fingerprint density at radius 3 is 2.33 bits per heavy atom. The second-order valence-electron chi connectivity index (χ2n) is 7.85. The molecular weight excluding hydrogens is 497 g/mol. The molecule has 12 heteroatoms. The van der Waals surface area contributed by atoms with Crippen molar-refractivity contribution in [1.29, 1.82) is 0 Å². The van der Waals surface area contributed by atoms with Crippen LogP contribution in [0.1, 0.15) is 29.0 Å². The predicted molar refractivity (Wildman–Crippen MR) is 125 cm³/mol. The standard InChI is InChI=1S/C24H19F3N4O4S/c1-13(29-23(32)14-9-16(35-24(26)27)11-17(10-14)36(2,33)34)21-22(20-8-7-15(25)12-28-20)31-19-6-4-3-5-18(19)30-21/h3-13,24H,1-2H3,(H,29,32)/t13-/m0/s1. The molecule has 2 aromatic carbocycles. The molecule has 1 amide bonds. The third-order valence-electron chi connectivity index (χ3n) is 5.12. The molecule has 1 N–H and O–H groups in total. The monoisotopic (exact) mass is 516 g/mol. The van der Waals surface area contributed by atoms with Gasteiger partial charge in [0.15, 0.2) is 9.84 Å². The van der Waals surface area contributed by atoms with Crippen LogP contribution in [0, 0.1) is 5.82 Å². The van der Waals surface area contributed by atoms with Gasteiger partial charge < -0.3 is 10.1 Å². The van der Waals surface area contributed by atoms with E-state index in [-0.39, 0.29) is 10.5 Å². The van der Waals surface area contributed by atoms with Crippen LogP contribution in [0.25, 0.3) is 22.4 Å². The van der Waals surface area contributed by atoms with Crippen LogP contribution in [0.2, 0.25) is 0 Å². The van der Waals surface area contributed by atoms with Gasteiger partial charge in [-0.2, -0.15) is 8.78 Å². The van der Waals surface area contributed by atoms with Crippen molar-refractivity contribution in [3.8, 4) is 17.1 Å². The number of aromatic nitrogens is 3. The summed E-state index contributed by atoms with van der Waals surface area (Å²) in [5.41, 5.74) is 1.80. The summed E-state index contributed by atoms with van der Waals surface area (Å²) in [5.74, 6) is -1.78. The van der Waals surface area contributed by atoms with Crippen LogP contribution < -0.4 is 10.1 Å². The summed E-state index contributed by atoms with van der Waals surface area (Å²) in [6.45, 7) is -1.60. The number of alkyl halides is 2. The van der Waals surface area contributed by atoms with Crippen molar-refractivity contribution in [2.45, 2.75) is 24.5 Å². The van der Waals surface area contributed by atoms with Gasteiger partial charge in [-0.15, -0.1) is 0 Å². The van der Waals surface area contributed by atoms with Crippen molar-refractivity contribution in [3.05, 3.63) is 77.9 Å². The van der Waals surface area contributed by atoms with Crippen LogP contribution in [0.15, 0.2) is 65.7 Å². The Hall–Kier alpha value is -4.06. The molecule has 8 nitrogen and oxygen atoms in total. The lowest BCUT2D eigenvalue weighted by Gasteiger charge is -2.18. The first kappa shape index (κ1) is 25.0. The molecule has 0 fully saturated rings. The van der Waals surface area contributed by atoms with Crippen molar-refractivity contribution in [3.63, 3.8) is 0 Å². The van der Waals surface area contributed by atoms with Crippen molar-refractivity contribution in [2.75, 3.05) is 6.26 Å². The molecule has 1 atom stereocenters. The van der Waals surface area contributed by atoms with E-state index in [1.165, 1.54) is 12.1 Å². The van der Waals surface area contributed by atoms with Gasteiger partial charge in [-0.25, -0.2) is 22.8 Å². The molecule has 0 spiro atoms. The number of ether oxygens (including phenoxy) is 1. The number of rotatable bonds is 7. The number of pyridine rings is 1. The number of benzene rings is 2. The fourth-order valence-corrected chi connectivity index (χ4v) is 4.13. The first-order valence-electron chi connectivity index (χ1n) is 10.5. The molecule has 0 unspecified atom stereocenters. The molecule has 0 aliphatic heterocycles. The summed E-state index contributed by atoms with van der Waals surface area (Å²) in [7, 11) is -3.83. The highest BCUT2D eigenvalue weighted by molar-refractivity contribution is 7.90. The van der Waals surface area contributed by atoms with Gasteiger partial charge in [0.05, 0.1) is 39.6 Å². The smallest absolute Gasteiger partial charge is 0.387 e. The number of halogens is 3. The minimum absolute atomic E-state index is 0.212. The summed E-state index contributed by atoms with van der Waals surface area (Å²) >= 11 is 0. The molecule has 0 saturated carbocycles. The van der Waals surface area contributed by atoms with Gasteiger partial charge in [-0.3, -0.25) is 9.78 Å². The highest BCUT2D eigenvalue weighted by Crippen LogP contribution is 2.28. The Labute approximate surface area is 204 Å². The topological polar surface area (TPSA) is 111 Å². The molecule has 0 aliphatic carbocycles. The number of nitrogens with zero attached hydrogens (tertiary/aromatic N) is 3. The highest BCUT2D eigenvalue weighted by Gasteiger charge is 2.22. The van der Waals surface area contributed by atoms with Crippen molar-refractivity contribution in [1.82, 2.24) is 20.3 Å². The Bertz CT molecular complexity index is 1550. The maximum absolute atomic E-state index is 13.4. The number of para-hydroxylation sites is 2. The third kappa shape index (κ3) is 5.60. The molecule has 0 bridgehead atoms. The molecule has 2 heterocycles. The van der Waals surface area contributed by atoms with Crippen LogP contribution in [0.4, 0.5) is 13.2 Å². The number of hydrogen-bond donors (Lipinski definition) is 1. The number of carbonyl (C=O) groups excluding carboxylic acids is 1. The molecule has 4 rings (SSSR count). The van der Waals surface area contributed by atoms with Gasteiger partial charge in [0, 0.05) is 11.8 Å². The van der Waals surface area contributed by atoms with E-state index in [1.807, 2.05) is 0 Å². The Morgan fingerprint density at radius 2 is 1.72 bits per heavy atom. The van der Waals surface area contributed by atoms with E-state index >= 15 is 0 Å². The summed E-state index contributed by atoms with van der Waals surface area (Å²) in [5, 5.41) is 2.68. The van der Waals surface area contributed by atoms with Crippen molar-refractivity contribution >= 4 is 26.8 Å². The number of amides is 1. The fraction of sp³-hybridized carbons (Fsp3) is 0.167. The van der Waals surface area contributed by atoms with Crippen LogP contribution in [0.5, 0.6) is 5.75 Å². The molecular formula is C24H19F3N4O4S. The zero-order valence-corrected chi connectivity index (χ0v) is 19.8. The second kappa shape index (κ2) is 9.90. The molecule has 186 valence electrons. The van der Waals surface area contributed by atoms with Crippen molar-refractivity contribution < 1.29 is 31.1 Å². The number of hydrogen-bond acceptors (Lipinski definition) is 7. The normalized spacial score (nSPS) is 12.5. The van der Waals surface area contributed by atoms with Gasteiger partial charge >= 0.3 is 6.61 Å². The van der Waals surface area contributed by atoms with Gasteiger partial charge in [-0.05, 0) is 49.4 Å². The number of fused-ring (bicyclic) bond motifs is 1. The van der Waals surface area contributed by atoms with Crippen LogP contribution in [-0.2, 0) is 9.84 Å². The lowest BCUT2D eigenvalue weighted by molar-refractivity contribution is -0.0500. The van der Waals surface area contributed by atoms with Crippen molar-refractivity contribution in [2.24, 2.45) is 0 Å². The average Bonchev–Trinajstić information content (AvgIpc) is 2.82. The summed E-state index contributed by atoms with van der Waals surface area (Å²) in [6, 6.07) is 11.8. The first-order chi connectivity index (χ1) is 17.0. The van der Waals surface area contributed by atoms with Gasteiger partial charge in [0.25, 0.3) is 5.91 Å². The van der Waals surface area contributed by atoms with E-state index in [4.69, 9.17) is 0 Å². The Morgan fingerprint density at radius 1 is 1.03 bits per heavy atom. The molecule has 4 aromatic rings. The minimum atomic E-state index is -3.83. The second-order valence-corrected chi connectivity index (χ2v) is 9.86. The van der Waals surface area contributed by atoms with E-state index in [0.717, 1.165) is 30.7 Å². The Balaban J connectivity index is 1.73. The zero-order valence-electron chi connectivity index (χ0n) is 18.9. The lowest BCUT2D eigenvalue weighted by atomic mass is 10.1. The molecule has 0 radical (unpaired) electrons. The van der Waals surface area contributed by atoms with Gasteiger partial charge in [-0.1, -0.05) is 12.1 Å². The summed E-state index contributed by atoms with van der Waals surface area (Å²) in [6.07, 6.45) is 1.91. The third-order valence-corrected chi connectivity index (χ3v) is 6.21. The number of carbonyl (C=O) groups is 1. The summed E-state index contributed by atoms with van der Waals surface area (Å²) < 4.78 is 67.3. The van der Waals surface area contributed by atoms with E-state index in [9.17, 15) is 26.4 Å². The lowest BCUT2D eigenvalue weighted by Crippen LogP contribution is -2.28. The number of nitrogens with one attached hydrogen (secondary N) is 1. The van der Waals surface area contributed by atoms with Crippen LogP contribution in [-0.4, -0.2) is 42.1 Å². The van der Waals surface area contributed by atoms with E-state index in [2.05, 4.69) is 25.0 Å². The first-order valence-corrected chi connectivity index (χ1v) is 12.4. The van der Waals surface area contributed by atoms with Crippen LogP contribution in [0.3, 0.4) is 0 Å². The molecule has 0 saturated heterocycles. The summed E-state index contributed by atoms with van der Waals surface area (Å²) in [4.78, 5) is 25.9. The van der Waals surface area contributed by atoms with Gasteiger partial charge in [0.1, 0.15) is 17.3 Å². The quantitative estimate of drug-likeness (QED) is 0.389. The van der Waals surface area contributed by atoms with Gasteiger partial charge in [0.2, 0.25) is 0 Å². The predicted octanol–water partition coefficient (Wildman–Crippen LogP) is 4.33. The van der Waals surface area contributed by atoms with E-state index in [1.54, 1.807) is 31.2 Å². The molecule has 36 heavy (non-hydrogen) atoms. The number of sulfone groups is 1. The van der Waals surface area contributed by atoms with E-state index < -0.39 is 40.0 Å². The molecule has 2 aromatic heterocycles. The van der Waals surface area contributed by atoms with E-state index in [0.29, 0.717) is 28.1 Å². The maximum atomic E-state index is 13.4. The Kier molecular flexibility index (Phi) is 6.88. The molecule has 0 aliphatic rings. The average molecular weight is 517 g/mol. The SMILES string of the molecule is C[C@H](NC(=O)c1cc(OC(F)F)cc(S(C)(=O)=O)c1)c1nc2ccccc2nc1-c1ccc(F)cn1. The minimum Gasteiger partial charge on any atom is -0.435 e. The largest absolute Gasteiger partial charge is 0.435 e. The zero-order chi connectivity index (χ0) is 26.0. The van der Waals surface area contributed by atoms with Crippen LogP contribution >= 0.6 is 0 Å². The maximum Gasteiger partial charge on any atom is 0.387 e.